The van der Waals surface area contributed by atoms with Crippen LogP contribution < -0.4 is 5.73 Å². The molecule has 1 heterocycles. The first kappa shape index (κ1) is 10.8. The first-order valence-electron chi connectivity index (χ1n) is 4.37. The van der Waals surface area contributed by atoms with E-state index < -0.39 is 11.6 Å². The predicted molar refractivity (Wildman–Crippen MR) is 56.9 cm³/mol. The maximum atomic E-state index is 13.3. The SMILES string of the molecule is Nc1ncc(F)c(Sc2ccccc2F)n1. The van der Waals surface area contributed by atoms with Crippen molar-refractivity contribution in [1.82, 2.24) is 9.97 Å². The van der Waals surface area contributed by atoms with Crippen LogP contribution in [0.4, 0.5) is 14.7 Å². The summed E-state index contributed by atoms with van der Waals surface area (Å²) in [6.45, 7) is 0. The lowest BCUT2D eigenvalue weighted by atomic mass is 10.3. The predicted octanol–water partition coefficient (Wildman–Crippen LogP) is 2.49. The summed E-state index contributed by atoms with van der Waals surface area (Å²) >= 11 is 0.874. The highest BCUT2D eigenvalue weighted by Gasteiger charge is 2.10. The molecule has 2 rings (SSSR count). The Kier molecular flexibility index (Phi) is 3.00. The fourth-order valence-electron chi connectivity index (χ4n) is 1.07. The molecule has 0 bridgehead atoms. The summed E-state index contributed by atoms with van der Waals surface area (Å²) in [5, 5.41) is 0.0117. The zero-order valence-electron chi connectivity index (χ0n) is 8.02. The molecule has 6 heteroatoms. The van der Waals surface area contributed by atoms with Crippen molar-refractivity contribution in [3.63, 3.8) is 0 Å². The van der Waals surface area contributed by atoms with Crippen molar-refractivity contribution in [1.29, 1.82) is 0 Å². The highest BCUT2D eigenvalue weighted by atomic mass is 32.2. The van der Waals surface area contributed by atoms with E-state index in [0.717, 1.165) is 18.0 Å². The van der Waals surface area contributed by atoms with Gasteiger partial charge in [-0.1, -0.05) is 23.9 Å². The first-order chi connectivity index (χ1) is 7.66. The van der Waals surface area contributed by atoms with Crippen LogP contribution in [0.15, 0.2) is 40.4 Å². The summed E-state index contributed by atoms with van der Waals surface area (Å²) < 4.78 is 26.6. The van der Waals surface area contributed by atoms with Gasteiger partial charge in [0.15, 0.2) is 5.82 Å². The zero-order valence-corrected chi connectivity index (χ0v) is 8.84. The van der Waals surface area contributed by atoms with E-state index >= 15 is 0 Å². The monoisotopic (exact) mass is 239 g/mol. The van der Waals surface area contributed by atoms with Gasteiger partial charge >= 0.3 is 0 Å². The molecular weight excluding hydrogens is 232 g/mol. The Morgan fingerprint density at radius 1 is 1.12 bits per heavy atom. The molecule has 0 unspecified atom stereocenters. The molecule has 0 saturated heterocycles. The molecule has 0 fully saturated rings. The molecule has 0 aliphatic carbocycles. The number of anilines is 1. The molecule has 0 radical (unpaired) electrons. The van der Waals surface area contributed by atoms with Crippen LogP contribution >= 0.6 is 11.8 Å². The van der Waals surface area contributed by atoms with Gasteiger partial charge in [-0.15, -0.1) is 0 Å². The third-order valence-corrected chi connectivity index (χ3v) is 2.80. The Labute approximate surface area is 94.7 Å². The zero-order chi connectivity index (χ0) is 11.5. The van der Waals surface area contributed by atoms with Crippen molar-refractivity contribution in [3.05, 3.63) is 42.1 Å². The number of nitrogen functional groups attached to an aromatic ring is 1. The summed E-state index contributed by atoms with van der Waals surface area (Å²) in [5.74, 6) is -1.09. The summed E-state index contributed by atoms with van der Waals surface area (Å²) in [6.07, 6.45) is 0.964. The second-order valence-electron chi connectivity index (χ2n) is 2.91. The van der Waals surface area contributed by atoms with Gasteiger partial charge in [0, 0.05) is 4.90 Å². The maximum Gasteiger partial charge on any atom is 0.221 e. The van der Waals surface area contributed by atoms with Crippen molar-refractivity contribution in [2.75, 3.05) is 5.73 Å². The van der Waals surface area contributed by atoms with E-state index in [2.05, 4.69) is 9.97 Å². The van der Waals surface area contributed by atoms with E-state index in [1.54, 1.807) is 12.1 Å². The van der Waals surface area contributed by atoms with Gasteiger partial charge in [0.2, 0.25) is 5.95 Å². The minimum Gasteiger partial charge on any atom is -0.368 e. The molecule has 1 aromatic carbocycles. The Bertz CT molecular complexity index is 519. The molecule has 16 heavy (non-hydrogen) atoms. The van der Waals surface area contributed by atoms with Gasteiger partial charge in [-0.3, -0.25) is 0 Å². The smallest absolute Gasteiger partial charge is 0.221 e. The van der Waals surface area contributed by atoms with Crippen LogP contribution in [-0.2, 0) is 0 Å². The summed E-state index contributed by atoms with van der Waals surface area (Å²) in [4.78, 5) is 7.48. The third kappa shape index (κ3) is 2.27. The molecule has 0 saturated carbocycles. The van der Waals surface area contributed by atoms with E-state index in [0.29, 0.717) is 4.90 Å². The van der Waals surface area contributed by atoms with Gasteiger partial charge in [0.1, 0.15) is 10.8 Å². The van der Waals surface area contributed by atoms with Gasteiger partial charge < -0.3 is 5.73 Å². The van der Waals surface area contributed by atoms with Gasteiger partial charge in [-0.05, 0) is 12.1 Å². The number of rotatable bonds is 2. The molecular formula is C10H7F2N3S. The van der Waals surface area contributed by atoms with E-state index in [-0.39, 0.29) is 11.0 Å². The lowest BCUT2D eigenvalue weighted by molar-refractivity contribution is 0.578. The molecule has 0 aliphatic heterocycles. The molecule has 2 aromatic rings. The number of halogens is 2. The number of benzene rings is 1. The quantitative estimate of drug-likeness (QED) is 0.818. The van der Waals surface area contributed by atoms with E-state index in [1.165, 1.54) is 12.1 Å². The number of aromatic nitrogens is 2. The van der Waals surface area contributed by atoms with Crippen molar-refractivity contribution in [2.24, 2.45) is 0 Å². The van der Waals surface area contributed by atoms with Crippen LogP contribution in [0.25, 0.3) is 0 Å². The van der Waals surface area contributed by atoms with Crippen LogP contribution in [0.3, 0.4) is 0 Å². The van der Waals surface area contributed by atoms with Crippen molar-refractivity contribution >= 4 is 17.7 Å². The third-order valence-electron chi connectivity index (χ3n) is 1.77. The number of nitrogens with zero attached hydrogens (tertiary/aromatic N) is 2. The van der Waals surface area contributed by atoms with Crippen molar-refractivity contribution in [2.45, 2.75) is 9.92 Å². The minimum atomic E-state index is -0.623. The van der Waals surface area contributed by atoms with Gasteiger partial charge in [0.05, 0.1) is 6.20 Å². The van der Waals surface area contributed by atoms with Crippen LogP contribution in [0.1, 0.15) is 0 Å². The molecule has 2 N–H and O–H groups in total. The minimum absolute atomic E-state index is 0.0117. The molecule has 0 aliphatic rings. The van der Waals surface area contributed by atoms with Crippen LogP contribution in [0.5, 0.6) is 0 Å². The van der Waals surface area contributed by atoms with Gasteiger partial charge in [0.25, 0.3) is 0 Å². The van der Waals surface area contributed by atoms with E-state index in [4.69, 9.17) is 5.73 Å². The van der Waals surface area contributed by atoms with Crippen molar-refractivity contribution in [3.8, 4) is 0 Å². The molecule has 3 nitrogen and oxygen atoms in total. The largest absolute Gasteiger partial charge is 0.368 e. The van der Waals surface area contributed by atoms with Crippen LogP contribution in [-0.4, -0.2) is 9.97 Å². The average Bonchev–Trinajstić information content (AvgIpc) is 2.27. The Morgan fingerprint density at radius 3 is 2.62 bits per heavy atom. The molecule has 1 aromatic heterocycles. The lowest BCUT2D eigenvalue weighted by Gasteiger charge is -2.03. The molecule has 82 valence electrons. The number of hydrogen-bond acceptors (Lipinski definition) is 4. The first-order valence-corrected chi connectivity index (χ1v) is 5.19. The van der Waals surface area contributed by atoms with Gasteiger partial charge in [-0.25, -0.2) is 18.7 Å². The van der Waals surface area contributed by atoms with E-state index in [9.17, 15) is 8.78 Å². The fourth-order valence-corrected chi connectivity index (χ4v) is 1.88. The molecule has 0 spiro atoms. The number of hydrogen-bond donors (Lipinski definition) is 1. The summed E-state index contributed by atoms with van der Waals surface area (Å²) in [7, 11) is 0. The Morgan fingerprint density at radius 2 is 1.88 bits per heavy atom. The standard InChI is InChI=1S/C10H7F2N3S/c11-6-3-1-2-4-8(6)16-9-7(12)5-14-10(13)15-9/h1-5H,(H2,13,14,15). The average molecular weight is 239 g/mol. The highest BCUT2D eigenvalue weighted by Crippen LogP contribution is 2.29. The Balaban J connectivity index is 2.34. The fraction of sp³-hybridized carbons (Fsp3) is 0. The lowest BCUT2D eigenvalue weighted by Crippen LogP contribution is -1.98. The second-order valence-corrected chi connectivity index (χ2v) is 3.94. The highest BCUT2D eigenvalue weighted by molar-refractivity contribution is 7.99. The maximum absolute atomic E-state index is 13.3. The molecule has 0 amide bonds. The van der Waals surface area contributed by atoms with E-state index in [1.807, 2.05) is 0 Å². The molecule has 0 atom stereocenters. The normalized spacial score (nSPS) is 10.4. The number of nitrogens with two attached hydrogens (primary N) is 1. The topological polar surface area (TPSA) is 51.8 Å². The van der Waals surface area contributed by atoms with Crippen LogP contribution in [0.2, 0.25) is 0 Å². The summed E-state index contributed by atoms with van der Waals surface area (Å²) in [6, 6.07) is 6.06. The Hall–Kier alpha value is -1.69. The van der Waals surface area contributed by atoms with Crippen molar-refractivity contribution < 1.29 is 8.78 Å². The van der Waals surface area contributed by atoms with Crippen LogP contribution in [0, 0.1) is 11.6 Å². The second kappa shape index (κ2) is 4.44. The summed E-state index contributed by atoms with van der Waals surface area (Å²) in [5.41, 5.74) is 5.32. The van der Waals surface area contributed by atoms with Gasteiger partial charge in [-0.2, -0.15) is 0 Å².